The SMILES string of the molecule is Cc1ccc2nc3ccccc3c(Cc3ccccc3)c2c1. The summed E-state index contributed by atoms with van der Waals surface area (Å²) in [6.45, 7) is 2.14. The molecule has 1 aromatic heterocycles. The van der Waals surface area contributed by atoms with Crippen LogP contribution in [-0.2, 0) is 6.42 Å². The highest BCUT2D eigenvalue weighted by Gasteiger charge is 2.09. The molecule has 106 valence electrons. The van der Waals surface area contributed by atoms with Crippen LogP contribution < -0.4 is 0 Å². The van der Waals surface area contributed by atoms with Crippen LogP contribution >= 0.6 is 0 Å². The van der Waals surface area contributed by atoms with E-state index < -0.39 is 0 Å². The summed E-state index contributed by atoms with van der Waals surface area (Å²) >= 11 is 0. The van der Waals surface area contributed by atoms with Crippen LogP contribution in [-0.4, -0.2) is 4.98 Å². The van der Waals surface area contributed by atoms with Crippen molar-refractivity contribution in [1.29, 1.82) is 0 Å². The Hall–Kier alpha value is -2.67. The lowest BCUT2D eigenvalue weighted by Gasteiger charge is -2.12. The quantitative estimate of drug-likeness (QED) is 0.456. The van der Waals surface area contributed by atoms with Crippen LogP contribution in [0.15, 0.2) is 72.8 Å². The van der Waals surface area contributed by atoms with Crippen molar-refractivity contribution in [2.24, 2.45) is 0 Å². The first-order valence-electron chi connectivity index (χ1n) is 7.63. The number of aromatic nitrogens is 1. The Balaban J connectivity index is 2.04. The standard InChI is InChI=1S/C21H17N/c1-15-11-12-21-19(13-15)18(14-16-7-3-2-4-8-16)17-9-5-6-10-20(17)22-21/h2-13H,14H2,1H3. The maximum Gasteiger partial charge on any atom is 0.0712 e. The van der Waals surface area contributed by atoms with Gasteiger partial charge in [0.25, 0.3) is 0 Å². The molecule has 0 amide bonds. The van der Waals surface area contributed by atoms with Crippen molar-refractivity contribution < 1.29 is 0 Å². The van der Waals surface area contributed by atoms with E-state index in [9.17, 15) is 0 Å². The molecule has 0 spiro atoms. The average molecular weight is 283 g/mol. The highest BCUT2D eigenvalue weighted by molar-refractivity contribution is 5.97. The fourth-order valence-electron chi connectivity index (χ4n) is 3.08. The Bertz CT molecular complexity index is 955. The van der Waals surface area contributed by atoms with E-state index in [-0.39, 0.29) is 0 Å². The molecule has 1 heterocycles. The molecule has 0 fully saturated rings. The molecule has 0 saturated carbocycles. The van der Waals surface area contributed by atoms with E-state index >= 15 is 0 Å². The van der Waals surface area contributed by atoms with E-state index in [4.69, 9.17) is 4.98 Å². The molecule has 4 rings (SSSR count). The Labute approximate surface area is 130 Å². The van der Waals surface area contributed by atoms with E-state index in [0.29, 0.717) is 0 Å². The molecule has 1 nitrogen and oxygen atoms in total. The largest absolute Gasteiger partial charge is 0.248 e. The van der Waals surface area contributed by atoms with Gasteiger partial charge >= 0.3 is 0 Å². The minimum Gasteiger partial charge on any atom is -0.248 e. The number of rotatable bonds is 2. The van der Waals surface area contributed by atoms with Gasteiger partial charge in [-0.1, -0.05) is 60.2 Å². The molecular weight excluding hydrogens is 266 g/mol. The molecule has 3 aromatic carbocycles. The topological polar surface area (TPSA) is 12.9 Å². The second kappa shape index (κ2) is 5.27. The minimum absolute atomic E-state index is 0.934. The first kappa shape index (κ1) is 13.0. The summed E-state index contributed by atoms with van der Waals surface area (Å²) in [7, 11) is 0. The molecule has 0 N–H and O–H groups in total. The lowest BCUT2D eigenvalue weighted by molar-refractivity contribution is 1.22. The molecule has 0 aliphatic carbocycles. The second-order valence-corrected chi connectivity index (χ2v) is 5.79. The molecule has 4 aromatic rings. The van der Waals surface area contributed by atoms with Crippen LogP contribution in [0, 0.1) is 6.92 Å². The van der Waals surface area contributed by atoms with Gasteiger partial charge in [0.1, 0.15) is 0 Å². The van der Waals surface area contributed by atoms with E-state index in [2.05, 4.69) is 79.7 Å². The third kappa shape index (κ3) is 2.25. The molecule has 22 heavy (non-hydrogen) atoms. The smallest absolute Gasteiger partial charge is 0.0712 e. The molecule has 0 saturated heterocycles. The number of aryl methyl sites for hydroxylation is 1. The summed E-state index contributed by atoms with van der Waals surface area (Å²) in [5.74, 6) is 0. The third-order valence-electron chi connectivity index (χ3n) is 4.17. The number of para-hydroxylation sites is 1. The van der Waals surface area contributed by atoms with Gasteiger partial charge in [-0.15, -0.1) is 0 Å². The fourth-order valence-corrected chi connectivity index (χ4v) is 3.08. The van der Waals surface area contributed by atoms with Crippen LogP contribution in [0.1, 0.15) is 16.7 Å². The van der Waals surface area contributed by atoms with Crippen molar-refractivity contribution in [3.8, 4) is 0 Å². The van der Waals surface area contributed by atoms with Gasteiger partial charge in [0.15, 0.2) is 0 Å². The number of pyridine rings is 1. The minimum atomic E-state index is 0.934. The first-order valence-corrected chi connectivity index (χ1v) is 7.63. The Morgan fingerprint density at radius 2 is 1.45 bits per heavy atom. The maximum atomic E-state index is 4.82. The lowest BCUT2D eigenvalue weighted by atomic mass is 9.95. The number of fused-ring (bicyclic) bond motifs is 2. The van der Waals surface area contributed by atoms with Crippen LogP contribution in [0.5, 0.6) is 0 Å². The highest BCUT2D eigenvalue weighted by Crippen LogP contribution is 2.28. The molecule has 1 heteroatoms. The summed E-state index contributed by atoms with van der Waals surface area (Å²) < 4.78 is 0. The zero-order chi connectivity index (χ0) is 14.9. The molecular formula is C21H17N. The first-order chi connectivity index (χ1) is 10.8. The van der Waals surface area contributed by atoms with E-state index in [1.807, 2.05) is 0 Å². The molecule has 0 radical (unpaired) electrons. The number of nitrogens with zero attached hydrogens (tertiary/aromatic N) is 1. The zero-order valence-corrected chi connectivity index (χ0v) is 12.6. The van der Waals surface area contributed by atoms with E-state index in [1.165, 1.54) is 27.5 Å². The van der Waals surface area contributed by atoms with E-state index in [1.54, 1.807) is 0 Å². The maximum absolute atomic E-state index is 4.82. The van der Waals surface area contributed by atoms with Crippen LogP contribution in [0.4, 0.5) is 0 Å². The molecule has 0 aliphatic heterocycles. The van der Waals surface area contributed by atoms with Crippen LogP contribution in [0.25, 0.3) is 21.8 Å². The van der Waals surface area contributed by atoms with Gasteiger partial charge in [0, 0.05) is 10.8 Å². The molecule has 0 unspecified atom stereocenters. The van der Waals surface area contributed by atoms with Gasteiger partial charge in [0.2, 0.25) is 0 Å². The van der Waals surface area contributed by atoms with Gasteiger partial charge in [-0.25, -0.2) is 4.98 Å². The van der Waals surface area contributed by atoms with Crippen molar-refractivity contribution >= 4 is 21.8 Å². The fraction of sp³-hybridized carbons (Fsp3) is 0.0952. The third-order valence-corrected chi connectivity index (χ3v) is 4.17. The summed E-state index contributed by atoms with van der Waals surface area (Å²) in [5.41, 5.74) is 6.14. The predicted octanol–water partition coefficient (Wildman–Crippen LogP) is 5.29. The van der Waals surface area contributed by atoms with Crippen molar-refractivity contribution in [1.82, 2.24) is 4.98 Å². The monoisotopic (exact) mass is 283 g/mol. The Kier molecular flexibility index (Phi) is 3.12. The number of benzene rings is 3. The van der Waals surface area contributed by atoms with Gasteiger partial charge in [-0.05, 0) is 42.7 Å². The normalized spacial score (nSPS) is 11.1. The van der Waals surface area contributed by atoms with Gasteiger partial charge < -0.3 is 0 Å². The van der Waals surface area contributed by atoms with Gasteiger partial charge in [-0.2, -0.15) is 0 Å². The van der Waals surface area contributed by atoms with Crippen LogP contribution in [0.3, 0.4) is 0 Å². The van der Waals surface area contributed by atoms with Crippen molar-refractivity contribution in [2.45, 2.75) is 13.3 Å². The number of hydrogen-bond donors (Lipinski definition) is 0. The highest BCUT2D eigenvalue weighted by atomic mass is 14.7. The molecule has 0 atom stereocenters. The molecule has 0 bridgehead atoms. The second-order valence-electron chi connectivity index (χ2n) is 5.79. The average Bonchev–Trinajstić information content (AvgIpc) is 2.56. The van der Waals surface area contributed by atoms with E-state index in [0.717, 1.165) is 17.5 Å². The van der Waals surface area contributed by atoms with Crippen molar-refractivity contribution in [3.05, 3.63) is 89.5 Å². The van der Waals surface area contributed by atoms with Crippen molar-refractivity contribution in [3.63, 3.8) is 0 Å². The van der Waals surface area contributed by atoms with Crippen molar-refractivity contribution in [2.75, 3.05) is 0 Å². The summed E-state index contributed by atoms with van der Waals surface area (Å²) in [6, 6.07) is 25.6. The van der Waals surface area contributed by atoms with Gasteiger partial charge in [-0.3, -0.25) is 0 Å². The summed E-state index contributed by atoms with van der Waals surface area (Å²) in [6.07, 6.45) is 0.934. The predicted molar refractivity (Wildman–Crippen MR) is 93.2 cm³/mol. The summed E-state index contributed by atoms with van der Waals surface area (Å²) in [4.78, 5) is 4.82. The van der Waals surface area contributed by atoms with Crippen LogP contribution in [0.2, 0.25) is 0 Å². The summed E-state index contributed by atoms with van der Waals surface area (Å²) in [5, 5.41) is 2.52. The lowest BCUT2D eigenvalue weighted by Crippen LogP contribution is -1.95. The number of hydrogen-bond acceptors (Lipinski definition) is 1. The Morgan fingerprint density at radius 3 is 2.32 bits per heavy atom. The van der Waals surface area contributed by atoms with Gasteiger partial charge in [0.05, 0.1) is 11.0 Å². The Morgan fingerprint density at radius 1 is 0.727 bits per heavy atom. The molecule has 0 aliphatic rings. The zero-order valence-electron chi connectivity index (χ0n) is 12.6.